The van der Waals surface area contributed by atoms with E-state index in [9.17, 15) is 4.79 Å². The third-order valence-electron chi connectivity index (χ3n) is 4.76. The molecule has 2 saturated heterocycles. The highest BCUT2D eigenvalue weighted by Gasteiger charge is 2.38. The van der Waals surface area contributed by atoms with Crippen molar-refractivity contribution in [2.45, 2.75) is 37.8 Å². The summed E-state index contributed by atoms with van der Waals surface area (Å²) in [5.74, 6) is 0.470. The van der Waals surface area contributed by atoms with Gasteiger partial charge in [0.1, 0.15) is 0 Å². The topological polar surface area (TPSA) is 45.2 Å². The van der Waals surface area contributed by atoms with E-state index in [0.29, 0.717) is 28.6 Å². The first kappa shape index (κ1) is 13.8. The Bertz CT molecular complexity index is 494. The maximum absolute atomic E-state index is 12.1. The highest BCUT2D eigenvalue weighted by molar-refractivity contribution is 6.33. The number of nitrogens with one attached hydrogen (secondary N) is 1. The summed E-state index contributed by atoms with van der Waals surface area (Å²) in [5, 5.41) is 3.47. The molecule has 20 heavy (non-hydrogen) atoms. The number of carbonyl (C=O) groups excluding carboxylic acids is 1. The second kappa shape index (κ2) is 5.70. The zero-order valence-corrected chi connectivity index (χ0v) is 12.4. The van der Waals surface area contributed by atoms with Crippen molar-refractivity contribution in [1.82, 2.24) is 15.2 Å². The van der Waals surface area contributed by atoms with Crippen LogP contribution in [0.5, 0.6) is 0 Å². The average molecular weight is 294 g/mol. The fourth-order valence-corrected chi connectivity index (χ4v) is 3.76. The van der Waals surface area contributed by atoms with E-state index in [0.717, 1.165) is 6.54 Å². The smallest absolute Gasteiger partial charge is 0.254 e. The molecule has 0 aromatic carbocycles. The molecule has 2 fully saturated rings. The lowest BCUT2D eigenvalue weighted by atomic mass is 9.91. The molecule has 2 aliphatic heterocycles. The van der Waals surface area contributed by atoms with Crippen LogP contribution in [-0.4, -0.2) is 41.5 Å². The van der Waals surface area contributed by atoms with Crippen molar-refractivity contribution in [2.75, 3.05) is 13.6 Å². The monoisotopic (exact) mass is 293 g/mol. The SMILES string of the molecule is CN1C2CCC1CC(CNC(=O)c1cnccc1Cl)C2. The van der Waals surface area contributed by atoms with E-state index >= 15 is 0 Å². The van der Waals surface area contributed by atoms with Gasteiger partial charge in [-0.3, -0.25) is 9.78 Å². The average Bonchev–Trinajstić information content (AvgIpc) is 2.66. The second-order valence-electron chi connectivity index (χ2n) is 5.95. The summed E-state index contributed by atoms with van der Waals surface area (Å²) in [6, 6.07) is 3.06. The fraction of sp³-hybridized carbons (Fsp3) is 0.600. The van der Waals surface area contributed by atoms with Gasteiger partial charge in [0.15, 0.2) is 0 Å². The highest BCUT2D eigenvalue weighted by atomic mass is 35.5. The largest absolute Gasteiger partial charge is 0.352 e. The molecule has 2 atom stereocenters. The van der Waals surface area contributed by atoms with Gasteiger partial charge < -0.3 is 10.2 Å². The molecule has 0 saturated carbocycles. The van der Waals surface area contributed by atoms with Gasteiger partial charge in [0, 0.05) is 31.0 Å². The standard InChI is InChI=1S/C15H20ClN3O/c1-19-11-2-3-12(19)7-10(6-11)8-18-15(20)13-9-17-5-4-14(13)16/h4-5,9-12H,2-3,6-8H2,1H3,(H,18,20). The molecule has 5 heteroatoms. The van der Waals surface area contributed by atoms with Crippen LogP contribution >= 0.6 is 11.6 Å². The molecule has 1 aromatic heterocycles. The minimum Gasteiger partial charge on any atom is -0.352 e. The molecule has 1 N–H and O–H groups in total. The highest BCUT2D eigenvalue weighted by Crippen LogP contribution is 2.37. The molecule has 2 bridgehead atoms. The van der Waals surface area contributed by atoms with Crippen molar-refractivity contribution in [3.8, 4) is 0 Å². The maximum Gasteiger partial charge on any atom is 0.254 e. The Morgan fingerprint density at radius 3 is 2.80 bits per heavy atom. The number of carbonyl (C=O) groups is 1. The van der Waals surface area contributed by atoms with Crippen LogP contribution in [0.25, 0.3) is 0 Å². The summed E-state index contributed by atoms with van der Waals surface area (Å²) < 4.78 is 0. The van der Waals surface area contributed by atoms with E-state index in [1.807, 2.05) is 0 Å². The zero-order valence-electron chi connectivity index (χ0n) is 11.7. The molecule has 1 amide bonds. The molecule has 3 heterocycles. The number of rotatable bonds is 3. The minimum atomic E-state index is -0.116. The molecular weight excluding hydrogens is 274 g/mol. The van der Waals surface area contributed by atoms with Crippen LogP contribution in [0.2, 0.25) is 5.02 Å². The number of hydrogen-bond acceptors (Lipinski definition) is 3. The van der Waals surface area contributed by atoms with Crippen molar-refractivity contribution in [3.63, 3.8) is 0 Å². The van der Waals surface area contributed by atoms with E-state index in [1.165, 1.54) is 31.9 Å². The second-order valence-corrected chi connectivity index (χ2v) is 6.36. The van der Waals surface area contributed by atoms with E-state index in [-0.39, 0.29) is 5.91 Å². The summed E-state index contributed by atoms with van der Waals surface area (Å²) in [5.41, 5.74) is 0.463. The minimum absolute atomic E-state index is 0.116. The van der Waals surface area contributed by atoms with Gasteiger partial charge in [0.25, 0.3) is 5.91 Å². The molecule has 0 spiro atoms. The normalized spacial score (nSPS) is 29.4. The Kier molecular flexibility index (Phi) is 3.94. The third kappa shape index (κ3) is 2.67. The predicted molar refractivity (Wildman–Crippen MR) is 78.9 cm³/mol. The molecule has 3 rings (SSSR count). The Labute approximate surface area is 124 Å². The molecule has 4 nitrogen and oxygen atoms in total. The van der Waals surface area contributed by atoms with Crippen LogP contribution in [0.3, 0.4) is 0 Å². The summed E-state index contributed by atoms with van der Waals surface area (Å²) in [4.78, 5) is 18.6. The lowest BCUT2D eigenvalue weighted by molar-refractivity contribution is 0.0917. The van der Waals surface area contributed by atoms with E-state index in [2.05, 4.69) is 22.2 Å². The van der Waals surface area contributed by atoms with Gasteiger partial charge in [0.2, 0.25) is 0 Å². The molecule has 2 unspecified atom stereocenters. The van der Waals surface area contributed by atoms with E-state index < -0.39 is 0 Å². The number of hydrogen-bond donors (Lipinski definition) is 1. The Hall–Kier alpha value is -1.13. The zero-order chi connectivity index (χ0) is 14.1. The molecular formula is C15H20ClN3O. The molecule has 0 aliphatic carbocycles. The van der Waals surface area contributed by atoms with Crippen LogP contribution in [0.1, 0.15) is 36.0 Å². The van der Waals surface area contributed by atoms with Gasteiger partial charge in [0.05, 0.1) is 10.6 Å². The van der Waals surface area contributed by atoms with Crippen molar-refractivity contribution in [1.29, 1.82) is 0 Å². The quantitative estimate of drug-likeness (QED) is 0.930. The van der Waals surface area contributed by atoms with Gasteiger partial charge in [-0.05, 0) is 44.7 Å². The van der Waals surface area contributed by atoms with Crippen LogP contribution in [-0.2, 0) is 0 Å². The Balaban J connectivity index is 1.56. The summed E-state index contributed by atoms with van der Waals surface area (Å²) >= 11 is 6.01. The number of pyridine rings is 1. The first-order valence-corrected chi connectivity index (χ1v) is 7.62. The summed E-state index contributed by atoms with van der Waals surface area (Å²) in [6.45, 7) is 0.741. The maximum atomic E-state index is 12.1. The molecule has 0 radical (unpaired) electrons. The van der Waals surface area contributed by atoms with Crippen molar-refractivity contribution < 1.29 is 4.79 Å². The molecule has 108 valence electrons. The van der Waals surface area contributed by atoms with Crippen LogP contribution in [0.4, 0.5) is 0 Å². The van der Waals surface area contributed by atoms with Gasteiger partial charge in [-0.1, -0.05) is 11.6 Å². The van der Waals surface area contributed by atoms with Gasteiger partial charge in [-0.15, -0.1) is 0 Å². The van der Waals surface area contributed by atoms with Gasteiger partial charge >= 0.3 is 0 Å². The summed E-state index contributed by atoms with van der Waals surface area (Å²) in [7, 11) is 2.23. The van der Waals surface area contributed by atoms with Gasteiger partial charge in [-0.2, -0.15) is 0 Å². The Morgan fingerprint density at radius 2 is 2.15 bits per heavy atom. The number of halogens is 1. The van der Waals surface area contributed by atoms with Crippen molar-refractivity contribution in [3.05, 3.63) is 29.0 Å². The lowest BCUT2D eigenvalue weighted by Crippen LogP contribution is -2.43. The predicted octanol–water partition coefficient (Wildman–Crippen LogP) is 2.34. The van der Waals surface area contributed by atoms with E-state index in [1.54, 1.807) is 12.3 Å². The fourth-order valence-electron chi connectivity index (χ4n) is 3.57. The van der Waals surface area contributed by atoms with E-state index in [4.69, 9.17) is 11.6 Å². The first-order chi connectivity index (χ1) is 9.65. The first-order valence-electron chi connectivity index (χ1n) is 7.25. The number of aromatic nitrogens is 1. The lowest BCUT2D eigenvalue weighted by Gasteiger charge is -2.36. The number of piperidine rings is 1. The van der Waals surface area contributed by atoms with Crippen LogP contribution in [0, 0.1) is 5.92 Å². The van der Waals surface area contributed by atoms with Crippen molar-refractivity contribution in [2.24, 2.45) is 5.92 Å². The summed E-state index contributed by atoms with van der Waals surface area (Å²) in [6.07, 6.45) is 8.10. The van der Waals surface area contributed by atoms with Crippen molar-refractivity contribution >= 4 is 17.5 Å². The third-order valence-corrected chi connectivity index (χ3v) is 5.09. The van der Waals surface area contributed by atoms with Gasteiger partial charge in [-0.25, -0.2) is 0 Å². The van der Waals surface area contributed by atoms with Crippen LogP contribution < -0.4 is 5.32 Å². The van der Waals surface area contributed by atoms with Crippen LogP contribution in [0.15, 0.2) is 18.5 Å². The Morgan fingerprint density at radius 1 is 1.45 bits per heavy atom. The number of nitrogens with zero attached hydrogens (tertiary/aromatic N) is 2. The number of fused-ring (bicyclic) bond motifs is 2. The number of amides is 1. The molecule has 2 aliphatic rings. The molecule has 1 aromatic rings.